The molecule has 1 aliphatic heterocycles. The van der Waals surface area contributed by atoms with Crippen molar-refractivity contribution in [2.45, 2.75) is 63.0 Å². The van der Waals surface area contributed by atoms with Gasteiger partial charge in [0.1, 0.15) is 6.61 Å². The van der Waals surface area contributed by atoms with Crippen LogP contribution in [-0.2, 0) is 9.47 Å². The highest BCUT2D eigenvalue weighted by atomic mass is 79.9. The van der Waals surface area contributed by atoms with Crippen molar-refractivity contribution in [3.05, 3.63) is 23.5 Å². The van der Waals surface area contributed by atoms with E-state index in [1.54, 1.807) is 11.1 Å². The number of thioether (sulfide) groups is 1. The first kappa shape index (κ1) is 19.4. The Hall–Kier alpha value is 0.0700. The minimum atomic E-state index is 0.703. The first-order valence-corrected chi connectivity index (χ1v) is 11.3. The van der Waals surface area contributed by atoms with E-state index >= 15 is 0 Å². The number of halogens is 1. The number of alkyl halides is 1. The lowest BCUT2D eigenvalue weighted by atomic mass is 9.91. The number of allylic oxidation sites excluding steroid dienone is 1. The van der Waals surface area contributed by atoms with Gasteiger partial charge in [-0.15, -0.1) is 0 Å². The second-order valence-electron chi connectivity index (χ2n) is 6.35. The molecule has 1 aliphatic carbocycles. The molecule has 0 aromatic carbocycles. The third-order valence-electron chi connectivity index (χ3n) is 4.48. The van der Waals surface area contributed by atoms with E-state index < -0.39 is 0 Å². The summed E-state index contributed by atoms with van der Waals surface area (Å²) in [6.45, 7) is 2.71. The van der Waals surface area contributed by atoms with E-state index in [9.17, 15) is 0 Å². The Bertz CT molecular complexity index is 382. The fourth-order valence-electron chi connectivity index (χ4n) is 3.14. The van der Waals surface area contributed by atoms with Crippen molar-refractivity contribution in [2.24, 2.45) is 0 Å². The van der Waals surface area contributed by atoms with Gasteiger partial charge in [-0.2, -0.15) is 11.8 Å². The smallest absolute Gasteiger partial charge is 0.109 e. The number of hydrogen-bond acceptors (Lipinski definition) is 3. The van der Waals surface area contributed by atoms with Crippen molar-refractivity contribution in [1.29, 1.82) is 0 Å². The second kappa shape index (κ2) is 12.4. The van der Waals surface area contributed by atoms with Gasteiger partial charge in [-0.25, -0.2) is 0 Å². The highest BCUT2D eigenvalue weighted by Gasteiger charge is 2.23. The van der Waals surface area contributed by atoms with Crippen molar-refractivity contribution < 1.29 is 9.47 Å². The van der Waals surface area contributed by atoms with Crippen LogP contribution in [0, 0.1) is 0 Å². The molecule has 2 aliphatic rings. The summed E-state index contributed by atoms with van der Waals surface area (Å²) in [4.78, 5) is 0. The maximum absolute atomic E-state index is 5.73. The predicted octanol–water partition coefficient (Wildman–Crippen LogP) is 5.86. The Kier molecular flexibility index (Phi) is 10.5. The summed E-state index contributed by atoms with van der Waals surface area (Å²) in [5, 5.41) is 1.84. The van der Waals surface area contributed by atoms with Gasteiger partial charge in [0.25, 0.3) is 0 Å². The molecular weight excluding hydrogens is 372 g/mol. The van der Waals surface area contributed by atoms with E-state index in [4.69, 9.17) is 9.47 Å². The summed E-state index contributed by atoms with van der Waals surface area (Å²) in [6.07, 6.45) is 15.6. The molecular formula is C19H31BrO2S. The predicted molar refractivity (Wildman–Crippen MR) is 105 cm³/mol. The summed E-state index contributed by atoms with van der Waals surface area (Å²) >= 11 is 5.60. The number of rotatable bonds is 12. The third kappa shape index (κ3) is 7.66. The molecule has 0 fully saturated rings. The molecule has 23 heavy (non-hydrogen) atoms. The van der Waals surface area contributed by atoms with E-state index in [1.165, 1.54) is 63.5 Å². The van der Waals surface area contributed by atoms with Gasteiger partial charge < -0.3 is 9.47 Å². The molecule has 2 nitrogen and oxygen atoms in total. The molecule has 0 N–H and O–H groups in total. The van der Waals surface area contributed by atoms with Crippen LogP contribution >= 0.6 is 27.7 Å². The van der Waals surface area contributed by atoms with Gasteiger partial charge in [0.15, 0.2) is 0 Å². The maximum Gasteiger partial charge on any atom is 0.109 e. The number of unbranched alkanes of at least 4 members (excludes halogenated alkanes) is 4. The molecule has 0 aromatic rings. The Morgan fingerprint density at radius 2 is 1.96 bits per heavy atom. The van der Waals surface area contributed by atoms with E-state index in [1.807, 2.05) is 6.26 Å². The topological polar surface area (TPSA) is 18.5 Å². The van der Waals surface area contributed by atoms with Gasteiger partial charge in [0, 0.05) is 23.8 Å². The summed E-state index contributed by atoms with van der Waals surface area (Å²) in [6, 6.07) is 0. The number of hydrogen-bond donors (Lipinski definition) is 0. The van der Waals surface area contributed by atoms with E-state index in [0.29, 0.717) is 5.25 Å². The van der Waals surface area contributed by atoms with Crippen LogP contribution in [-0.4, -0.2) is 36.2 Å². The number of ether oxygens (including phenoxy) is 2. The average molecular weight is 403 g/mol. The van der Waals surface area contributed by atoms with Gasteiger partial charge >= 0.3 is 0 Å². The molecule has 0 saturated carbocycles. The summed E-state index contributed by atoms with van der Waals surface area (Å²) in [5.41, 5.74) is 3.10. The van der Waals surface area contributed by atoms with Crippen molar-refractivity contribution in [2.75, 3.05) is 30.9 Å². The molecule has 2 rings (SSSR count). The molecule has 0 spiro atoms. The highest BCUT2D eigenvalue weighted by molar-refractivity contribution is 9.09. The van der Waals surface area contributed by atoms with Crippen LogP contribution in [0.3, 0.4) is 0 Å². The van der Waals surface area contributed by atoms with Gasteiger partial charge in [0.05, 0.1) is 6.26 Å². The van der Waals surface area contributed by atoms with Gasteiger partial charge in [-0.3, -0.25) is 0 Å². The van der Waals surface area contributed by atoms with Crippen LogP contribution in [0.25, 0.3) is 0 Å². The zero-order valence-electron chi connectivity index (χ0n) is 14.2. The first-order valence-electron chi connectivity index (χ1n) is 9.17. The molecule has 1 heterocycles. The molecule has 132 valence electrons. The highest BCUT2D eigenvalue weighted by Crippen LogP contribution is 2.36. The quantitative estimate of drug-likeness (QED) is 0.300. The van der Waals surface area contributed by atoms with Crippen LogP contribution in [0.2, 0.25) is 0 Å². The monoisotopic (exact) mass is 402 g/mol. The molecule has 1 atom stereocenters. The fourth-order valence-corrected chi connectivity index (χ4v) is 4.95. The molecule has 0 aromatic heterocycles. The zero-order chi connectivity index (χ0) is 16.2. The second-order valence-corrected chi connectivity index (χ2v) is 8.45. The van der Waals surface area contributed by atoms with Crippen molar-refractivity contribution in [3.8, 4) is 0 Å². The summed E-state index contributed by atoms with van der Waals surface area (Å²) < 4.78 is 11.2. The Balaban J connectivity index is 1.46. The Labute approximate surface area is 154 Å². The Morgan fingerprint density at radius 3 is 2.83 bits per heavy atom. The summed E-state index contributed by atoms with van der Waals surface area (Å²) in [5.74, 6) is 1.25. The van der Waals surface area contributed by atoms with E-state index in [2.05, 4.69) is 33.8 Å². The van der Waals surface area contributed by atoms with Crippen molar-refractivity contribution in [3.63, 3.8) is 0 Å². The van der Waals surface area contributed by atoms with Crippen LogP contribution in [0.4, 0.5) is 0 Å². The minimum Gasteiger partial charge on any atom is -0.497 e. The Morgan fingerprint density at radius 1 is 1.13 bits per heavy atom. The van der Waals surface area contributed by atoms with Crippen molar-refractivity contribution >= 4 is 27.7 Å². The van der Waals surface area contributed by atoms with E-state index in [0.717, 1.165) is 25.2 Å². The lowest BCUT2D eigenvalue weighted by molar-refractivity contribution is 0.127. The van der Waals surface area contributed by atoms with E-state index in [-0.39, 0.29) is 0 Å². The minimum absolute atomic E-state index is 0.703. The third-order valence-corrected chi connectivity index (χ3v) is 6.45. The first-order chi connectivity index (χ1) is 11.4. The lowest BCUT2D eigenvalue weighted by Gasteiger charge is -2.28. The van der Waals surface area contributed by atoms with Crippen LogP contribution < -0.4 is 0 Å². The zero-order valence-corrected chi connectivity index (χ0v) is 16.6. The largest absolute Gasteiger partial charge is 0.497 e. The summed E-state index contributed by atoms with van der Waals surface area (Å²) in [7, 11) is 0. The van der Waals surface area contributed by atoms with Crippen LogP contribution in [0.5, 0.6) is 0 Å². The lowest BCUT2D eigenvalue weighted by Crippen LogP contribution is -2.18. The van der Waals surface area contributed by atoms with Gasteiger partial charge in [-0.05, 0) is 67.9 Å². The molecule has 4 heteroatoms. The average Bonchev–Trinajstić information content (AvgIpc) is 2.60. The molecule has 1 unspecified atom stereocenters. The molecule has 0 bridgehead atoms. The SMILES string of the molecule is BrCCCCCCOCCCCSC1CCCC2=C1C=COC2. The normalized spacial score (nSPS) is 20.5. The fraction of sp³-hybridized carbons (Fsp3) is 0.789. The van der Waals surface area contributed by atoms with Gasteiger partial charge in [0.2, 0.25) is 0 Å². The maximum atomic E-state index is 5.73. The van der Waals surface area contributed by atoms with Crippen LogP contribution in [0.1, 0.15) is 57.8 Å². The molecule has 0 saturated heterocycles. The van der Waals surface area contributed by atoms with Crippen LogP contribution in [0.15, 0.2) is 23.5 Å². The van der Waals surface area contributed by atoms with Gasteiger partial charge in [-0.1, -0.05) is 28.8 Å². The standard InChI is InChI=1S/C19H31BrO2S/c20-11-3-1-2-4-12-21-13-5-6-15-23-19-9-7-8-17-16-22-14-10-18(17)19/h10,14,19H,1-9,11-13,15-16H2. The molecule has 0 amide bonds. The molecule has 0 radical (unpaired) electrons. The van der Waals surface area contributed by atoms with Crippen molar-refractivity contribution in [1.82, 2.24) is 0 Å².